The van der Waals surface area contributed by atoms with E-state index in [1.165, 1.54) is 11.8 Å². The highest BCUT2D eigenvalue weighted by Gasteiger charge is 2.09. The van der Waals surface area contributed by atoms with E-state index in [0.29, 0.717) is 10.9 Å². The van der Waals surface area contributed by atoms with Crippen LogP contribution in [-0.4, -0.2) is 25.9 Å². The number of benzene rings is 1. The van der Waals surface area contributed by atoms with Crippen molar-refractivity contribution in [3.8, 4) is 12.3 Å². The van der Waals surface area contributed by atoms with Gasteiger partial charge in [-0.05, 0) is 18.2 Å². The van der Waals surface area contributed by atoms with Crippen molar-refractivity contribution < 1.29 is 0 Å². The fourth-order valence-corrected chi connectivity index (χ4v) is 2.53. The Hall–Kier alpha value is -1.58. The second-order valence-corrected chi connectivity index (χ2v) is 5.46. The van der Waals surface area contributed by atoms with Crippen LogP contribution < -0.4 is 0 Å². The van der Waals surface area contributed by atoms with E-state index in [1.54, 1.807) is 0 Å². The standard InChI is InChI=1S/C12H7BrN4S/c1-2-5-18-12-15-11-10(16-17-12)8-4-3-7(13)6-9(8)14-11/h1,3-4,6H,5H2,(H,14,15,17). The Bertz CT molecular complexity index is 775. The summed E-state index contributed by atoms with van der Waals surface area (Å²) in [6.07, 6.45) is 5.21. The molecule has 2 heterocycles. The molecule has 0 aliphatic heterocycles. The maximum Gasteiger partial charge on any atom is 0.212 e. The summed E-state index contributed by atoms with van der Waals surface area (Å²) in [6, 6.07) is 5.95. The van der Waals surface area contributed by atoms with Crippen molar-refractivity contribution in [1.29, 1.82) is 0 Å². The van der Waals surface area contributed by atoms with Gasteiger partial charge in [0.25, 0.3) is 0 Å². The summed E-state index contributed by atoms with van der Waals surface area (Å²) in [5.74, 6) is 3.08. The van der Waals surface area contributed by atoms with E-state index in [4.69, 9.17) is 6.42 Å². The van der Waals surface area contributed by atoms with Gasteiger partial charge in [-0.25, -0.2) is 4.98 Å². The lowest BCUT2D eigenvalue weighted by Gasteiger charge is -1.94. The lowest BCUT2D eigenvalue weighted by Crippen LogP contribution is -1.91. The SMILES string of the molecule is C#CCSc1nnc2c(n1)[nH]c1cc(Br)ccc12. The topological polar surface area (TPSA) is 54.5 Å². The average molecular weight is 319 g/mol. The zero-order valence-corrected chi connectivity index (χ0v) is 11.5. The van der Waals surface area contributed by atoms with Gasteiger partial charge in [-0.15, -0.1) is 16.6 Å². The van der Waals surface area contributed by atoms with Crippen LogP contribution in [-0.2, 0) is 0 Å². The summed E-state index contributed by atoms with van der Waals surface area (Å²) in [4.78, 5) is 7.63. The summed E-state index contributed by atoms with van der Waals surface area (Å²) in [5.41, 5.74) is 2.50. The first kappa shape index (κ1) is 11.5. The molecule has 18 heavy (non-hydrogen) atoms. The minimum Gasteiger partial charge on any atom is -0.338 e. The normalized spacial score (nSPS) is 10.9. The molecule has 3 rings (SSSR count). The van der Waals surface area contributed by atoms with Gasteiger partial charge in [0.15, 0.2) is 5.65 Å². The van der Waals surface area contributed by atoms with E-state index in [2.05, 4.69) is 42.0 Å². The van der Waals surface area contributed by atoms with Crippen LogP contribution in [0.4, 0.5) is 0 Å². The number of thioether (sulfide) groups is 1. The van der Waals surface area contributed by atoms with Gasteiger partial charge in [-0.3, -0.25) is 0 Å². The molecule has 1 aromatic carbocycles. The molecule has 1 N–H and O–H groups in total. The van der Waals surface area contributed by atoms with Crippen LogP contribution in [0, 0.1) is 12.3 Å². The van der Waals surface area contributed by atoms with Gasteiger partial charge in [-0.2, -0.15) is 0 Å². The maximum absolute atomic E-state index is 5.21. The highest BCUT2D eigenvalue weighted by molar-refractivity contribution is 9.10. The molecule has 88 valence electrons. The molecular weight excluding hydrogens is 312 g/mol. The van der Waals surface area contributed by atoms with Gasteiger partial charge in [0.05, 0.1) is 11.3 Å². The average Bonchev–Trinajstić information content (AvgIpc) is 2.72. The molecule has 0 bridgehead atoms. The van der Waals surface area contributed by atoms with Crippen molar-refractivity contribution in [2.75, 3.05) is 5.75 Å². The lowest BCUT2D eigenvalue weighted by molar-refractivity contribution is 0.879. The van der Waals surface area contributed by atoms with E-state index in [1.807, 2.05) is 18.2 Å². The highest BCUT2D eigenvalue weighted by Crippen LogP contribution is 2.25. The van der Waals surface area contributed by atoms with Crippen LogP contribution in [0.25, 0.3) is 22.1 Å². The fraction of sp³-hybridized carbons (Fsp3) is 0.0833. The smallest absolute Gasteiger partial charge is 0.212 e. The molecular formula is C12H7BrN4S. The first-order valence-corrected chi connectivity index (χ1v) is 6.94. The van der Waals surface area contributed by atoms with Crippen LogP contribution in [0.2, 0.25) is 0 Å². The van der Waals surface area contributed by atoms with Crippen LogP contribution >= 0.6 is 27.7 Å². The number of aromatic nitrogens is 4. The van der Waals surface area contributed by atoms with Crippen LogP contribution in [0.15, 0.2) is 27.8 Å². The minimum atomic E-state index is 0.541. The molecule has 0 amide bonds. The van der Waals surface area contributed by atoms with E-state index in [-0.39, 0.29) is 0 Å². The Morgan fingerprint density at radius 3 is 3.11 bits per heavy atom. The predicted molar refractivity (Wildman–Crippen MR) is 76.4 cm³/mol. The largest absolute Gasteiger partial charge is 0.338 e. The molecule has 0 atom stereocenters. The molecule has 0 radical (unpaired) electrons. The number of H-pyrrole nitrogens is 1. The molecule has 4 nitrogen and oxygen atoms in total. The van der Waals surface area contributed by atoms with E-state index < -0.39 is 0 Å². The van der Waals surface area contributed by atoms with Gasteiger partial charge in [0, 0.05) is 9.86 Å². The van der Waals surface area contributed by atoms with Crippen molar-refractivity contribution in [3.05, 3.63) is 22.7 Å². The van der Waals surface area contributed by atoms with Crippen LogP contribution in [0.3, 0.4) is 0 Å². The number of rotatable bonds is 2. The molecule has 0 saturated carbocycles. The van der Waals surface area contributed by atoms with Crippen molar-refractivity contribution in [2.24, 2.45) is 0 Å². The number of nitrogens with one attached hydrogen (secondary N) is 1. The Kier molecular flexibility index (Phi) is 2.94. The second-order valence-electron chi connectivity index (χ2n) is 3.60. The lowest BCUT2D eigenvalue weighted by atomic mass is 10.2. The minimum absolute atomic E-state index is 0.541. The fourth-order valence-electron chi connectivity index (χ4n) is 1.70. The van der Waals surface area contributed by atoms with Gasteiger partial charge < -0.3 is 4.98 Å². The number of hydrogen-bond acceptors (Lipinski definition) is 4. The molecule has 2 aromatic heterocycles. The van der Waals surface area contributed by atoms with Gasteiger partial charge in [0.2, 0.25) is 5.16 Å². The summed E-state index contributed by atoms with van der Waals surface area (Å²) in [6.45, 7) is 0. The molecule has 0 fully saturated rings. The quantitative estimate of drug-likeness (QED) is 0.583. The van der Waals surface area contributed by atoms with Crippen LogP contribution in [0.5, 0.6) is 0 Å². The summed E-state index contributed by atoms with van der Waals surface area (Å²) < 4.78 is 1.01. The number of hydrogen-bond donors (Lipinski definition) is 1. The number of aromatic amines is 1. The van der Waals surface area contributed by atoms with Gasteiger partial charge in [-0.1, -0.05) is 33.6 Å². The molecule has 0 spiro atoms. The van der Waals surface area contributed by atoms with Crippen molar-refractivity contribution >= 4 is 49.8 Å². The van der Waals surface area contributed by atoms with E-state index in [9.17, 15) is 0 Å². The third-order valence-electron chi connectivity index (χ3n) is 2.44. The Labute approximate surface area is 116 Å². The summed E-state index contributed by atoms with van der Waals surface area (Å²) >= 11 is 4.83. The molecule has 0 saturated heterocycles. The Balaban J connectivity index is 2.17. The van der Waals surface area contributed by atoms with E-state index >= 15 is 0 Å². The number of fused-ring (bicyclic) bond motifs is 3. The molecule has 0 aliphatic carbocycles. The third kappa shape index (κ3) is 1.96. The zero-order valence-electron chi connectivity index (χ0n) is 9.14. The third-order valence-corrected chi connectivity index (χ3v) is 3.68. The number of halogens is 1. The van der Waals surface area contributed by atoms with Crippen LogP contribution in [0.1, 0.15) is 0 Å². The van der Waals surface area contributed by atoms with Crippen molar-refractivity contribution in [2.45, 2.75) is 5.16 Å². The number of terminal acetylenes is 1. The predicted octanol–water partition coefficient (Wildman–Crippen LogP) is 2.99. The van der Waals surface area contributed by atoms with Gasteiger partial charge in [0.1, 0.15) is 5.52 Å². The molecule has 3 aromatic rings. The van der Waals surface area contributed by atoms with Gasteiger partial charge >= 0.3 is 0 Å². The van der Waals surface area contributed by atoms with Crippen molar-refractivity contribution in [1.82, 2.24) is 20.2 Å². The monoisotopic (exact) mass is 318 g/mol. The second kappa shape index (κ2) is 4.59. The summed E-state index contributed by atoms with van der Waals surface area (Å²) in [5, 5.41) is 9.87. The zero-order chi connectivity index (χ0) is 12.5. The van der Waals surface area contributed by atoms with E-state index in [0.717, 1.165) is 26.5 Å². The Morgan fingerprint density at radius 1 is 1.39 bits per heavy atom. The molecule has 0 aliphatic rings. The molecule has 0 unspecified atom stereocenters. The maximum atomic E-state index is 5.21. The molecule has 6 heteroatoms. The Morgan fingerprint density at radius 2 is 2.28 bits per heavy atom. The first-order chi connectivity index (χ1) is 8.78. The number of nitrogens with zero attached hydrogens (tertiary/aromatic N) is 3. The van der Waals surface area contributed by atoms with Crippen molar-refractivity contribution in [3.63, 3.8) is 0 Å². The highest BCUT2D eigenvalue weighted by atomic mass is 79.9. The summed E-state index contributed by atoms with van der Waals surface area (Å²) in [7, 11) is 0. The first-order valence-electron chi connectivity index (χ1n) is 5.16.